The summed E-state index contributed by atoms with van der Waals surface area (Å²) >= 11 is 0. The minimum atomic E-state index is -0.210. The van der Waals surface area contributed by atoms with Crippen molar-refractivity contribution in [3.63, 3.8) is 0 Å². The third kappa shape index (κ3) is 5.77. The van der Waals surface area contributed by atoms with Crippen molar-refractivity contribution in [3.8, 4) is 0 Å². The molecule has 6 heteroatoms. The third-order valence-corrected chi connectivity index (χ3v) is 2.99. The van der Waals surface area contributed by atoms with Gasteiger partial charge in [0.2, 0.25) is 5.91 Å². The van der Waals surface area contributed by atoms with Gasteiger partial charge in [-0.1, -0.05) is 0 Å². The maximum atomic E-state index is 11.7. The van der Waals surface area contributed by atoms with Crippen molar-refractivity contribution in [1.82, 2.24) is 15.5 Å². The quantitative estimate of drug-likeness (QED) is 0.578. The predicted molar refractivity (Wildman–Crippen MR) is 69.6 cm³/mol. The summed E-state index contributed by atoms with van der Waals surface area (Å²) in [5.74, 6) is -0.00351. The Kier molecular flexibility index (Phi) is 7.19. The zero-order chi connectivity index (χ0) is 13.4. The minimum absolute atomic E-state index is 0.00351. The van der Waals surface area contributed by atoms with Gasteiger partial charge in [0, 0.05) is 33.3 Å². The summed E-state index contributed by atoms with van der Waals surface area (Å²) in [6.07, 6.45) is 0.165. The smallest absolute Gasteiger partial charge is 0.236 e. The van der Waals surface area contributed by atoms with Gasteiger partial charge in [0.15, 0.2) is 0 Å². The Morgan fingerprint density at radius 3 is 3.06 bits per heavy atom. The van der Waals surface area contributed by atoms with E-state index in [1.165, 1.54) is 0 Å². The second kappa shape index (κ2) is 8.42. The van der Waals surface area contributed by atoms with Crippen LogP contribution >= 0.6 is 0 Å². The van der Waals surface area contributed by atoms with Gasteiger partial charge in [0.05, 0.1) is 25.4 Å². The molecule has 0 bridgehead atoms. The fourth-order valence-corrected chi connectivity index (χ4v) is 1.82. The fourth-order valence-electron chi connectivity index (χ4n) is 1.82. The molecule has 0 spiro atoms. The molecule has 2 unspecified atom stereocenters. The van der Waals surface area contributed by atoms with Crippen LogP contribution < -0.4 is 10.6 Å². The number of likely N-dealkylation sites (N-methyl/N-ethyl adjacent to an activating group) is 1. The molecule has 0 aromatic carbocycles. The monoisotopic (exact) mass is 259 g/mol. The van der Waals surface area contributed by atoms with Crippen LogP contribution in [0.15, 0.2) is 0 Å². The lowest BCUT2D eigenvalue weighted by Crippen LogP contribution is -2.50. The van der Waals surface area contributed by atoms with E-state index in [-0.39, 0.29) is 18.1 Å². The summed E-state index contributed by atoms with van der Waals surface area (Å²) in [4.78, 5) is 13.9. The van der Waals surface area contributed by atoms with Crippen molar-refractivity contribution < 1.29 is 14.3 Å². The highest BCUT2D eigenvalue weighted by molar-refractivity contribution is 5.81. The van der Waals surface area contributed by atoms with Crippen molar-refractivity contribution in [1.29, 1.82) is 0 Å². The van der Waals surface area contributed by atoms with E-state index in [2.05, 4.69) is 22.6 Å². The molecule has 6 nitrogen and oxygen atoms in total. The highest BCUT2D eigenvalue weighted by atomic mass is 16.5. The molecule has 0 aromatic heterocycles. The van der Waals surface area contributed by atoms with Gasteiger partial charge in [0.25, 0.3) is 0 Å². The molecule has 106 valence electrons. The first kappa shape index (κ1) is 15.4. The molecule has 1 rings (SSSR count). The number of hydrogen-bond acceptors (Lipinski definition) is 5. The number of hydrogen-bond donors (Lipinski definition) is 2. The summed E-state index contributed by atoms with van der Waals surface area (Å²) in [5, 5.41) is 6.00. The Bertz CT molecular complexity index is 251. The van der Waals surface area contributed by atoms with Crippen LogP contribution in [0, 0.1) is 0 Å². The van der Waals surface area contributed by atoms with Gasteiger partial charge in [0.1, 0.15) is 0 Å². The van der Waals surface area contributed by atoms with Crippen LogP contribution in [0.3, 0.4) is 0 Å². The van der Waals surface area contributed by atoms with Crippen molar-refractivity contribution >= 4 is 5.91 Å². The lowest BCUT2D eigenvalue weighted by atomic mass is 10.2. The molecule has 1 heterocycles. The summed E-state index contributed by atoms with van der Waals surface area (Å²) in [5.41, 5.74) is 0. The second-order valence-electron chi connectivity index (χ2n) is 4.67. The van der Waals surface area contributed by atoms with E-state index in [4.69, 9.17) is 9.47 Å². The number of carbonyl (C=O) groups is 1. The number of amides is 1. The van der Waals surface area contributed by atoms with E-state index in [1.807, 2.05) is 6.92 Å². The molecule has 18 heavy (non-hydrogen) atoms. The maximum Gasteiger partial charge on any atom is 0.236 e. The van der Waals surface area contributed by atoms with E-state index < -0.39 is 0 Å². The molecular formula is C12H25N3O3. The number of morpholine rings is 1. The van der Waals surface area contributed by atoms with Crippen LogP contribution in [0.5, 0.6) is 0 Å². The molecule has 1 fully saturated rings. The second-order valence-corrected chi connectivity index (χ2v) is 4.67. The summed E-state index contributed by atoms with van der Waals surface area (Å²) in [6, 6.07) is -0.210. The van der Waals surface area contributed by atoms with Crippen molar-refractivity contribution in [2.45, 2.75) is 19.1 Å². The highest BCUT2D eigenvalue weighted by Crippen LogP contribution is 2.01. The average Bonchev–Trinajstić information content (AvgIpc) is 2.36. The first-order valence-electron chi connectivity index (χ1n) is 6.43. The summed E-state index contributed by atoms with van der Waals surface area (Å²) in [7, 11) is 3.70. The Balaban J connectivity index is 2.15. The molecule has 1 amide bonds. The molecule has 2 atom stereocenters. The highest BCUT2D eigenvalue weighted by Gasteiger charge is 2.19. The summed E-state index contributed by atoms with van der Waals surface area (Å²) in [6.45, 7) is 6.28. The van der Waals surface area contributed by atoms with Gasteiger partial charge in [-0.05, 0) is 14.0 Å². The Labute approximate surface area is 109 Å². The van der Waals surface area contributed by atoms with Gasteiger partial charge >= 0.3 is 0 Å². The first-order valence-corrected chi connectivity index (χ1v) is 6.43. The van der Waals surface area contributed by atoms with E-state index in [9.17, 15) is 4.79 Å². The van der Waals surface area contributed by atoms with E-state index in [0.717, 1.165) is 19.7 Å². The number of ether oxygens (including phenoxy) is 2. The van der Waals surface area contributed by atoms with Crippen LogP contribution in [0.1, 0.15) is 6.92 Å². The van der Waals surface area contributed by atoms with Crippen LogP contribution in [-0.2, 0) is 14.3 Å². The van der Waals surface area contributed by atoms with E-state index >= 15 is 0 Å². The minimum Gasteiger partial charge on any atom is -0.383 e. The topological polar surface area (TPSA) is 62.8 Å². The van der Waals surface area contributed by atoms with Gasteiger partial charge in [-0.25, -0.2) is 0 Å². The molecule has 0 radical (unpaired) electrons. The van der Waals surface area contributed by atoms with E-state index in [1.54, 1.807) is 7.11 Å². The van der Waals surface area contributed by atoms with E-state index in [0.29, 0.717) is 19.7 Å². The lowest BCUT2D eigenvalue weighted by Gasteiger charge is -2.30. The Morgan fingerprint density at radius 1 is 1.61 bits per heavy atom. The van der Waals surface area contributed by atoms with Gasteiger partial charge < -0.3 is 25.0 Å². The predicted octanol–water partition coefficient (Wildman–Crippen LogP) is -0.942. The summed E-state index contributed by atoms with van der Waals surface area (Å²) < 4.78 is 10.5. The molecule has 2 N–H and O–H groups in total. The van der Waals surface area contributed by atoms with Gasteiger partial charge in [-0.15, -0.1) is 0 Å². The molecule has 1 aliphatic rings. The third-order valence-electron chi connectivity index (χ3n) is 2.99. The van der Waals surface area contributed by atoms with Gasteiger partial charge in [-0.3, -0.25) is 4.79 Å². The fraction of sp³-hybridized carbons (Fsp3) is 0.917. The van der Waals surface area contributed by atoms with Crippen LogP contribution in [0.2, 0.25) is 0 Å². The van der Waals surface area contributed by atoms with Crippen LogP contribution in [0.25, 0.3) is 0 Å². The van der Waals surface area contributed by atoms with Crippen molar-refractivity contribution in [2.24, 2.45) is 0 Å². The molecule has 0 aliphatic carbocycles. The first-order chi connectivity index (χ1) is 8.63. The standard InChI is InChI=1S/C12H25N3O3/c1-10(12(16)13-4-6-17-3)14-8-11-9-15(2)5-7-18-11/h10-11,14H,4-9H2,1-3H3,(H,13,16). The van der Waals surface area contributed by atoms with Crippen LogP contribution in [-0.4, -0.2) is 76.5 Å². The normalized spacial score (nSPS) is 22.7. The lowest BCUT2D eigenvalue weighted by molar-refractivity contribution is -0.123. The van der Waals surface area contributed by atoms with Crippen molar-refractivity contribution in [2.75, 3.05) is 53.6 Å². The Morgan fingerprint density at radius 2 is 2.39 bits per heavy atom. The van der Waals surface area contributed by atoms with Crippen LogP contribution in [0.4, 0.5) is 0 Å². The largest absolute Gasteiger partial charge is 0.383 e. The molecule has 1 aliphatic heterocycles. The zero-order valence-electron chi connectivity index (χ0n) is 11.6. The Hall–Kier alpha value is -0.690. The molecule has 1 saturated heterocycles. The maximum absolute atomic E-state index is 11.7. The molecule has 0 aromatic rings. The number of carbonyl (C=O) groups excluding carboxylic acids is 1. The van der Waals surface area contributed by atoms with Gasteiger partial charge in [-0.2, -0.15) is 0 Å². The number of rotatable bonds is 7. The SMILES string of the molecule is COCCNC(=O)C(C)NCC1CN(C)CCO1. The molecule has 0 saturated carbocycles. The molecular weight excluding hydrogens is 234 g/mol. The van der Waals surface area contributed by atoms with Crippen molar-refractivity contribution in [3.05, 3.63) is 0 Å². The average molecular weight is 259 g/mol. The number of nitrogens with one attached hydrogen (secondary N) is 2. The zero-order valence-corrected chi connectivity index (χ0v) is 11.6. The number of methoxy groups -OCH3 is 1. The number of nitrogens with zero attached hydrogens (tertiary/aromatic N) is 1.